The number of carbonyl (C=O) groups excluding carboxylic acids is 1. The van der Waals surface area contributed by atoms with E-state index in [1.165, 1.54) is 51.4 Å². The van der Waals surface area contributed by atoms with Gasteiger partial charge in [-0.05, 0) is 97.7 Å². The highest BCUT2D eigenvalue weighted by molar-refractivity contribution is 5.60. The monoisotopic (exact) mass is 500 g/mol. The van der Waals surface area contributed by atoms with Gasteiger partial charge in [-0.1, -0.05) is 85.3 Å². The molecule has 0 spiro atoms. The van der Waals surface area contributed by atoms with Gasteiger partial charge in [-0.25, -0.2) is 4.79 Å². The normalized spacial score (nSPS) is 38.5. The molecule has 3 saturated carbocycles. The smallest absolute Gasteiger partial charge is 0.434 e. The summed E-state index contributed by atoms with van der Waals surface area (Å²) < 4.78 is 11.1. The third kappa shape index (κ3) is 5.70. The Hall–Kier alpha value is -0.990. The standard InChI is InChI=1S/C33H56O3/c1-7-8-9-21-35-31(34)36-26-17-19-32(5)25(22-26)13-14-27-29-16-15-28(24(4)12-10-11-23(2)3)33(29,6)20-18-30(27)32/h13,23-24,26-30H,7-12,14-22H2,1-6H3. The number of allylic oxidation sites excluding steroid dienone is 1. The second kappa shape index (κ2) is 11.8. The average Bonchev–Trinajstić information content (AvgIpc) is 3.19. The Morgan fingerprint density at radius 2 is 1.81 bits per heavy atom. The highest BCUT2D eigenvalue weighted by Gasteiger charge is 2.59. The Balaban J connectivity index is 1.36. The molecule has 0 amide bonds. The molecule has 4 rings (SSSR count). The first kappa shape index (κ1) is 28.0. The van der Waals surface area contributed by atoms with Gasteiger partial charge in [0.15, 0.2) is 0 Å². The van der Waals surface area contributed by atoms with E-state index in [9.17, 15) is 4.79 Å². The molecule has 8 atom stereocenters. The predicted molar refractivity (Wildman–Crippen MR) is 149 cm³/mol. The Bertz CT molecular complexity index is 771. The molecule has 206 valence electrons. The molecule has 4 aliphatic carbocycles. The van der Waals surface area contributed by atoms with Gasteiger partial charge in [-0.3, -0.25) is 0 Å². The van der Waals surface area contributed by atoms with Gasteiger partial charge >= 0.3 is 6.16 Å². The molecule has 0 heterocycles. The zero-order valence-electron chi connectivity index (χ0n) is 24.5. The summed E-state index contributed by atoms with van der Waals surface area (Å²) >= 11 is 0. The Morgan fingerprint density at radius 1 is 1.00 bits per heavy atom. The van der Waals surface area contributed by atoms with Crippen LogP contribution in [0.5, 0.6) is 0 Å². The fourth-order valence-corrected chi connectivity index (χ4v) is 9.43. The first-order valence-electron chi connectivity index (χ1n) is 15.7. The van der Waals surface area contributed by atoms with Crippen LogP contribution in [0, 0.1) is 46.3 Å². The van der Waals surface area contributed by atoms with E-state index in [4.69, 9.17) is 9.47 Å². The highest BCUT2D eigenvalue weighted by atomic mass is 16.7. The van der Waals surface area contributed by atoms with Crippen molar-refractivity contribution in [2.45, 2.75) is 138 Å². The Labute approximate surface area is 222 Å². The van der Waals surface area contributed by atoms with Crippen LogP contribution in [0.1, 0.15) is 131 Å². The van der Waals surface area contributed by atoms with Gasteiger partial charge in [-0.2, -0.15) is 0 Å². The molecule has 3 fully saturated rings. The van der Waals surface area contributed by atoms with Crippen LogP contribution in [0.3, 0.4) is 0 Å². The van der Waals surface area contributed by atoms with Crippen molar-refractivity contribution < 1.29 is 14.3 Å². The number of carbonyl (C=O) groups is 1. The number of ether oxygens (including phenoxy) is 2. The van der Waals surface area contributed by atoms with E-state index < -0.39 is 6.16 Å². The van der Waals surface area contributed by atoms with E-state index in [-0.39, 0.29) is 6.10 Å². The molecule has 0 aromatic carbocycles. The van der Waals surface area contributed by atoms with Gasteiger partial charge in [0.1, 0.15) is 6.10 Å². The molecule has 0 radical (unpaired) electrons. The second-order valence-corrected chi connectivity index (χ2v) is 14.1. The quantitative estimate of drug-likeness (QED) is 0.170. The van der Waals surface area contributed by atoms with Crippen molar-refractivity contribution in [3.8, 4) is 0 Å². The van der Waals surface area contributed by atoms with Gasteiger partial charge in [-0.15, -0.1) is 0 Å². The number of hydrogen-bond donors (Lipinski definition) is 0. The first-order chi connectivity index (χ1) is 17.2. The molecule has 0 bridgehead atoms. The number of hydrogen-bond acceptors (Lipinski definition) is 3. The second-order valence-electron chi connectivity index (χ2n) is 14.1. The lowest BCUT2D eigenvalue weighted by Gasteiger charge is -2.58. The van der Waals surface area contributed by atoms with Crippen molar-refractivity contribution in [3.63, 3.8) is 0 Å². The van der Waals surface area contributed by atoms with Crippen molar-refractivity contribution in [1.82, 2.24) is 0 Å². The van der Waals surface area contributed by atoms with Crippen molar-refractivity contribution >= 4 is 6.16 Å². The van der Waals surface area contributed by atoms with Crippen LogP contribution in [0.4, 0.5) is 4.79 Å². The van der Waals surface area contributed by atoms with Gasteiger partial charge in [0.25, 0.3) is 0 Å². The Kier molecular flexibility index (Phi) is 9.20. The minimum Gasteiger partial charge on any atom is -0.434 e. The molecule has 0 aromatic heterocycles. The third-order valence-corrected chi connectivity index (χ3v) is 11.5. The summed E-state index contributed by atoms with van der Waals surface area (Å²) in [6, 6.07) is 0. The fraction of sp³-hybridized carbons (Fsp3) is 0.909. The summed E-state index contributed by atoms with van der Waals surface area (Å²) in [5.74, 6) is 5.19. The number of fused-ring (bicyclic) bond motifs is 5. The largest absolute Gasteiger partial charge is 0.508 e. The molecule has 36 heavy (non-hydrogen) atoms. The van der Waals surface area contributed by atoms with Crippen LogP contribution in [0.2, 0.25) is 0 Å². The zero-order valence-corrected chi connectivity index (χ0v) is 24.5. The van der Waals surface area contributed by atoms with E-state index in [1.54, 1.807) is 5.57 Å². The molecule has 0 aliphatic heterocycles. The van der Waals surface area contributed by atoms with Crippen LogP contribution >= 0.6 is 0 Å². The van der Waals surface area contributed by atoms with Crippen molar-refractivity contribution in [2.24, 2.45) is 46.3 Å². The number of unbranched alkanes of at least 4 members (excludes halogenated alkanes) is 2. The summed E-state index contributed by atoms with van der Waals surface area (Å²) in [4.78, 5) is 12.2. The maximum Gasteiger partial charge on any atom is 0.508 e. The summed E-state index contributed by atoms with van der Waals surface area (Å²) in [6.45, 7) is 15.2. The first-order valence-corrected chi connectivity index (χ1v) is 15.7. The van der Waals surface area contributed by atoms with Crippen LogP contribution in [0.15, 0.2) is 11.6 Å². The lowest BCUT2D eigenvalue weighted by Crippen LogP contribution is -2.51. The minimum atomic E-state index is -0.457. The third-order valence-electron chi connectivity index (χ3n) is 11.5. The predicted octanol–water partition coefficient (Wildman–Crippen LogP) is 9.74. The van der Waals surface area contributed by atoms with E-state index in [0.29, 0.717) is 17.4 Å². The molecule has 3 heteroatoms. The summed E-state index contributed by atoms with van der Waals surface area (Å²) in [5.41, 5.74) is 2.43. The highest BCUT2D eigenvalue weighted by Crippen LogP contribution is 2.67. The van der Waals surface area contributed by atoms with Crippen molar-refractivity contribution in [2.75, 3.05) is 6.61 Å². The van der Waals surface area contributed by atoms with Gasteiger partial charge in [0, 0.05) is 6.42 Å². The van der Waals surface area contributed by atoms with Crippen LogP contribution < -0.4 is 0 Å². The zero-order chi connectivity index (χ0) is 25.9. The number of rotatable bonds is 10. The summed E-state index contributed by atoms with van der Waals surface area (Å²) in [6.07, 6.45) is 19.5. The maximum atomic E-state index is 12.2. The molecule has 0 N–H and O–H groups in total. The minimum absolute atomic E-state index is 0.00374. The topological polar surface area (TPSA) is 35.5 Å². The molecule has 3 nitrogen and oxygen atoms in total. The van der Waals surface area contributed by atoms with E-state index in [0.717, 1.165) is 74.0 Å². The van der Waals surface area contributed by atoms with E-state index in [2.05, 4.69) is 47.6 Å². The summed E-state index contributed by atoms with van der Waals surface area (Å²) in [7, 11) is 0. The molecule has 4 aliphatic rings. The molecular weight excluding hydrogens is 444 g/mol. The molecular formula is C33H56O3. The molecule has 8 unspecified atom stereocenters. The van der Waals surface area contributed by atoms with E-state index >= 15 is 0 Å². The summed E-state index contributed by atoms with van der Waals surface area (Å²) in [5, 5.41) is 0. The van der Waals surface area contributed by atoms with Crippen molar-refractivity contribution in [1.29, 1.82) is 0 Å². The van der Waals surface area contributed by atoms with Gasteiger partial charge < -0.3 is 9.47 Å². The fourth-order valence-electron chi connectivity index (χ4n) is 9.43. The SMILES string of the molecule is CCCCCOC(=O)OC1CCC2(C)C(=CCC3C2CCC2(C)C(C(C)CCCC(C)C)CCC32)C1. The molecule has 0 saturated heterocycles. The molecule has 0 aromatic rings. The lowest BCUT2D eigenvalue weighted by atomic mass is 9.47. The van der Waals surface area contributed by atoms with Gasteiger partial charge in [0.2, 0.25) is 0 Å². The maximum absolute atomic E-state index is 12.2. The Morgan fingerprint density at radius 3 is 2.56 bits per heavy atom. The lowest BCUT2D eigenvalue weighted by molar-refractivity contribution is -0.0617. The van der Waals surface area contributed by atoms with Crippen LogP contribution in [-0.2, 0) is 9.47 Å². The average molecular weight is 501 g/mol. The van der Waals surface area contributed by atoms with Crippen molar-refractivity contribution in [3.05, 3.63) is 11.6 Å². The van der Waals surface area contributed by atoms with Crippen LogP contribution in [0.25, 0.3) is 0 Å². The van der Waals surface area contributed by atoms with Gasteiger partial charge in [0.05, 0.1) is 6.61 Å². The van der Waals surface area contributed by atoms with Crippen LogP contribution in [-0.4, -0.2) is 18.9 Å². The van der Waals surface area contributed by atoms with E-state index in [1.807, 2.05) is 0 Å².